The van der Waals surface area contributed by atoms with Crippen LogP contribution in [-0.4, -0.2) is 30.1 Å². The maximum atomic E-state index is 5.87. The van der Waals surface area contributed by atoms with Gasteiger partial charge in [0.1, 0.15) is 12.4 Å². The van der Waals surface area contributed by atoms with E-state index >= 15 is 0 Å². The van der Waals surface area contributed by atoms with Crippen LogP contribution >= 0.6 is 0 Å². The highest BCUT2D eigenvalue weighted by atomic mass is 16.7. The monoisotopic (exact) mass is 267 g/mol. The van der Waals surface area contributed by atoms with Gasteiger partial charge in [-0.2, -0.15) is 0 Å². The van der Waals surface area contributed by atoms with Crippen LogP contribution in [-0.2, 0) is 20.8 Å². The molecule has 1 spiro atoms. The molecule has 1 saturated heterocycles. The molecular weight excluding hydrogens is 246 g/mol. The number of rotatable bonds is 3. The van der Waals surface area contributed by atoms with E-state index in [9.17, 15) is 0 Å². The van der Waals surface area contributed by atoms with Crippen LogP contribution in [0.15, 0.2) is 4.42 Å². The largest absolute Gasteiger partial charge is 0.443 e. The van der Waals surface area contributed by atoms with Crippen LogP contribution in [0.4, 0.5) is 0 Å². The van der Waals surface area contributed by atoms with Gasteiger partial charge in [0.2, 0.25) is 5.89 Å². The topological polar surface area (TPSA) is 53.7 Å². The summed E-state index contributed by atoms with van der Waals surface area (Å²) in [7, 11) is 0. The molecule has 3 rings (SSSR count). The van der Waals surface area contributed by atoms with Gasteiger partial charge in [-0.05, 0) is 26.7 Å². The summed E-state index contributed by atoms with van der Waals surface area (Å²) < 4.78 is 22.8. The van der Waals surface area contributed by atoms with Gasteiger partial charge >= 0.3 is 0 Å². The second-order valence-electron chi connectivity index (χ2n) is 5.37. The van der Waals surface area contributed by atoms with Gasteiger partial charge in [-0.25, -0.2) is 4.98 Å². The Bertz CT molecular complexity index is 407. The first-order chi connectivity index (χ1) is 9.17. The van der Waals surface area contributed by atoms with E-state index in [0.717, 1.165) is 50.4 Å². The van der Waals surface area contributed by atoms with Gasteiger partial charge in [-0.3, -0.25) is 0 Å². The van der Waals surface area contributed by atoms with Crippen molar-refractivity contribution in [3.63, 3.8) is 0 Å². The first kappa shape index (κ1) is 13.1. The molecule has 2 heterocycles. The standard InChI is InChI=1S/C14H21NO4/c1-10-11(2)19-13(15-10)9-16-12-3-5-14(6-4-12)17-7-8-18-14/h12H,3-9H2,1-2H3. The van der Waals surface area contributed by atoms with Crippen molar-refractivity contribution in [2.45, 2.75) is 58.0 Å². The molecule has 5 heteroatoms. The molecule has 0 amide bonds. The summed E-state index contributed by atoms with van der Waals surface area (Å²) in [6.07, 6.45) is 4.03. The van der Waals surface area contributed by atoms with E-state index in [1.165, 1.54) is 0 Å². The van der Waals surface area contributed by atoms with E-state index in [-0.39, 0.29) is 11.9 Å². The molecular formula is C14H21NO4. The summed E-state index contributed by atoms with van der Waals surface area (Å²) in [5, 5.41) is 0. The molecule has 0 aromatic carbocycles. The minimum Gasteiger partial charge on any atom is -0.443 e. The number of hydrogen-bond acceptors (Lipinski definition) is 5. The van der Waals surface area contributed by atoms with Gasteiger partial charge in [0, 0.05) is 12.8 Å². The molecule has 2 fully saturated rings. The van der Waals surface area contributed by atoms with Gasteiger partial charge in [-0.1, -0.05) is 0 Å². The van der Waals surface area contributed by atoms with E-state index in [0.29, 0.717) is 12.5 Å². The highest BCUT2D eigenvalue weighted by Gasteiger charge is 2.40. The predicted molar refractivity (Wildman–Crippen MR) is 67.7 cm³/mol. The molecule has 1 aromatic rings. The average Bonchev–Trinajstić information content (AvgIpc) is 2.98. The Morgan fingerprint density at radius 2 is 1.89 bits per heavy atom. The zero-order valence-corrected chi connectivity index (χ0v) is 11.6. The Morgan fingerprint density at radius 3 is 2.47 bits per heavy atom. The van der Waals surface area contributed by atoms with Crippen LogP contribution < -0.4 is 0 Å². The van der Waals surface area contributed by atoms with E-state index in [2.05, 4.69) is 4.98 Å². The summed E-state index contributed by atoms with van der Waals surface area (Å²) in [5.74, 6) is 1.23. The molecule has 5 nitrogen and oxygen atoms in total. The van der Waals surface area contributed by atoms with Crippen molar-refractivity contribution in [1.82, 2.24) is 4.98 Å². The van der Waals surface area contributed by atoms with E-state index < -0.39 is 0 Å². The lowest BCUT2D eigenvalue weighted by atomic mass is 9.92. The smallest absolute Gasteiger partial charge is 0.220 e. The lowest BCUT2D eigenvalue weighted by Crippen LogP contribution is -2.37. The quantitative estimate of drug-likeness (QED) is 0.842. The van der Waals surface area contributed by atoms with Gasteiger partial charge in [-0.15, -0.1) is 0 Å². The van der Waals surface area contributed by atoms with Gasteiger partial charge in [0.25, 0.3) is 0 Å². The van der Waals surface area contributed by atoms with Crippen LogP contribution in [0.25, 0.3) is 0 Å². The molecule has 1 saturated carbocycles. The average molecular weight is 267 g/mol. The molecule has 1 aliphatic heterocycles. The Morgan fingerprint density at radius 1 is 1.21 bits per heavy atom. The molecule has 0 unspecified atom stereocenters. The number of aromatic nitrogens is 1. The highest BCUT2D eigenvalue weighted by molar-refractivity contribution is 5.04. The van der Waals surface area contributed by atoms with Crippen molar-refractivity contribution in [2.24, 2.45) is 0 Å². The molecule has 2 aliphatic rings. The number of aryl methyl sites for hydroxylation is 2. The van der Waals surface area contributed by atoms with Crippen molar-refractivity contribution in [3.8, 4) is 0 Å². The van der Waals surface area contributed by atoms with Crippen molar-refractivity contribution in [2.75, 3.05) is 13.2 Å². The third kappa shape index (κ3) is 2.83. The summed E-state index contributed by atoms with van der Waals surface area (Å²) >= 11 is 0. The van der Waals surface area contributed by atoms with E-state index in [1.807, 2.05) is 13.8 Å². The molecule has 0 bridgehead atoms. The fraction of sp³-hybridized carbons (Fsp3) is 0.786. The minimum absolute atomic E-state index is 0.255. The van der Waals surface area contributed by atoms with Crippen LogP contribution in [0.5, 0.6) is 0 Å². The molecule has 19 heavy (non-hydrogen) atoms. The zero-order chi connectivity index (χ0) is 13.3. The van der Waals surface area contributed by atoms with Gasteiger partial charge in [0.15, 0.2) is 5.79 Å². The molecule has 1 aromatic heterocycles. The van der Waals surface area contributed by atoms with Gasteiger partial charge < -0.3 is 18.6 Å². The second-order valence-corrected chi connectivity index (χ2v) is 5.37. The van der Waals surface area contributed by atoms with Crippen molar-refractivity contribution < 1.29 is 18.6 Å². The molecule has 0 atom stereocenters. The van der Waals surface area contributed by atoms with Crippen LogP contribution in [0.1, 0.15) is 43.0 Å². The summed E-state index contributed by atoms with van der Waals surface area (Å²) in [6.45, 7) is 5.77. The normalized spacial score (nSPS) is 23.3. The van der Waals surface area contributed by atoms with Crippen molar-refractivity contribution >= 4 is 0 Å². The van der Waals surface area contributed by atoms with Crippen LogP contribution in [0.3, 0.4) is 0 Å². The van der Waals surface area contributed by atoms with E-state index in [1.54, 1.807) is 0 Å². The van der Waals surface area contributed by atoms with Crippen molar-refractivity contribution in [1.29, 1.82) is 0 Å². The number of hydrogen-bond donors (Lipinski definition) is 0. The predicted octanol–water partition coefficient (Wildman–Crippen LogP) is 2.49. The third-order valence-electron chi connectivity index (χ3n) is 4.02. The fourth-order valence-electron chi connectivity index (χ4n) is 2.77. The number of oxazole rings is 1. The Hall–Kier alpha value is -0.910. The summed E-state index contributed by atoms with van der Waals surface area (Å²) in [6, 6.07) is 0. The van der Waals surface area contributed by atoms with Crippen LogP contribution in [0.2, 0.25) is 0 Å². The summed E-state index contributed by atoms with van der Waals surface area (Å²) in [5.41, 5.74) is 0.939. The second kappa shape index (κ2) is 5.23. The zero-order valence-electron chi connectivity index (χ0n) is 11.6. The Labute approximate surface area is 113 Å². The number of ether oxygens (including phenoxy) is 3. The lowest BCUT2D eigenvalue weighted by Gasteiger charge is -2.35. The minimum atomic E-state index is -0.310. The lowest BCUT2D eigenvalue weighted by molar-refractivity contribution is -0.193. The maximum absolute atomic E-state index is 5.87. The van der Waals surface area contributed by atoms with Crippen LogP contribution in [0, 0.1) is 13.8 Å². The summed E-state index contributed by atoms with van der Waals surface area (Å²) in [4.78, 5) is 4.32. The Balaban J connectivity index is 1.47. The molecule has 0 N–H and O–H groups in total. The Kier molecular flexibility index (Phi) is 3.60. The first-order valence-electron chi connectivity index (χ1n) is 6.99. The molecule has 0 radical (unpaired) electrons. The molecule has 106 valence electrons. The molecule has 1 aliphatic carbocycles. The first-order valence-corrected chi connectivity index (χ1v) is 6.99. The SMILES string of the molecule is Cc1nc(COC2CCC3(CC2)OCCO3)oc1C. The van der Waals surface area contributed by atoms with Crippen molar-refractivity contribution in [3.05, 3.63) is 17.3 Å². The fourth-order valence-corrected chi connectivity index (χ4v) is 2.77. The highest BCUT2D eigenvalue weighted by Crippen LogP contribution is 2.36. The number of nitrogens with zero attached hydrogens (tertiary/aromatic N) is 1. The van der Waals surface area contributed by atoms with Gasteiger partial charge in [0.05, 0.1) is 25.0 Å². The third-order valence-corrected chi connectivity index (χ3v) is 4.02. The maximum Gasteiger partial charge on any atom is 0.220 e. The van der Waals surface area contributed by atoms with E-state index in [4.69, 9.17) is 18.6 Å².